The quantitative estimate of drug-likeness (QED) is 0.503. The van der Waals surface area contributed by atoms with Crippen molar-refractivity contribution in [2.75, 3.05) is 18.5 Å². The molecule has 7 heteroatoms. The van der Waals surface area contributed by atoms with Gasteiger partial charge in [-0.25, -0.2) is 4.68 Å². The number of nitrogens with zero attached hydrogens (tertiary/aromatic N) is 4. The van der Waals surface area contributed by atoms with Gasteiger partial charge in [0.25, 0.3) is 0 Å². The molecule has 0 aliphatic heterocycles. The zero-order valence-electron chi connectivity index (χ0n) is 17.6. The zero-order chi connectivity index (χ0) is 21.3. The van der Waals surface area contributed by atoms with Gasteiger partial charge in [-0.05, 0) is 38.5 Å². The number of nitrogens with one attached hydrogen (secondary N) is 1. The number of fused-ring (bicyclic) bond motifs is 1. The highest BCUT2D eigenvalue weighted by atomic mass is 32.1. The van der Waals surface area contributed by atoms with E-state index in [9.17, 15) is 4.79 Å². The molecule has 0 spiro atoms. The third-order valence-corrected chi connectivity index (χ3v) is 6.31. The van der Waals surface area contributed by atoms with Crippen LogP contribution in [-0.4, -0.2) is 34.3 Å². The molecule has 4 aromatic rings. The van der Waals surface area contributed by atoms with E-state index in [0.717, 1.165) is 32.4 Å². The van der Waals surface area contributed by atoms with Gasteiger partial charge in [0, 0.05) is 7.05 Å². The van der Waals surface area contributed by atoms with E-state index in [1.165, 1.54) is 5.56 Å². The Morgan fingerprint density at radius 3 is 2.53 bits per heavy atom. The minimum atomic E-state index is -0.0456. The largest absolute Gasteiger partial charge is 0.348 e. The first-order valence-corrected chi connectivity index (χ1v) is 10.7. The van der Waals surface area contributed by atoms with Crippen LogP contribution in [-0.2, 0) is 4.79 Å². The maximum absolute atomic E-state index is 12.6. The number of rotatable bonds is 6. The Labute approximate surface area is 180 Å². The number of aryl methyl sites for hydroxylation is 2. The third kappa shape index (κ3) is 4.07. The van der Waals surface area contributed by atoms with Gasteiger partial charge < -0.3 is 10.2 Å². The Bertz CT molecular complexity index is 1160. The van der Waals surface area contributed by atoms with Crippen molar-refractivity contribution in [1.82, 2.24) is 20.1 Å². The molecular weight excluding hydrogens is 394 g/mol. The number of carbonyl (C=O) groups excluding carboxylic acids is 1. The van der Waals surface area contributed by atoms with E-state index in [4.69, 9.17) is 4.98 Å². The summed E-state index contributed by atoms with van der Waals surface area (Å²) in [5.41, 5.74) is 5.02. The molecule has 1 atom stereocenters. The standard InChI is InChI=1S/C23H25N5OS/c1-15-10-12-18(13-11-15)16(2)24-20(29)14-27(4)23-25-22-21(30-23)17(3)26-28(22)19-8-6-5-7-9-19/h5-13,16H,14H2,1-4H3,(H,24,29)/t16-/m1/s1. The summed E-state index contributed by atoms with van der Waals surface area (Å²) in [6, 6.07) is 18.1. The van der Waals surface area contributed by atoms with Crippen molar-refractivity contribution in [2.45, 2.75) is 26.8 Å². The molecule has 30 heavy (non-hydrogen) atoms. The fraction of sp³-hybridized carbons (Fsp3) is 0.261. The second-order valence-electron chi connectivity index (χ2n) is 7.54. The van der Waals surface area contributed by atoms with E-state index in [-0.39, 0.29) is 18.5 Å². The fourth-order valence-corrected chi connectivity index (χ4v) is 4.29. The fourth-order valence-electron chi connectivity index (χ4n) is 3.34. The Morgan fingerprint density at radius 1 is 1.13 bits per heavy atom. The van der Waals surface area contributed by atoms with Gasteiger partial charge in [0.05, 0.1) is 28.7 Å². The van der Waals surface area contributed by atoms with Crippen molar-refractivity contribution >= 4 is 32.7 Å². The molecular formula is C23H25N5OS. The lowest BCUT2D eigenvalue weighted by molar-refractivity contribution is -0.120. The Balaban J connectivity index is 1.48. The van der Waals surface area contributed by atoms with E-state index < -0.39 is 0 Å². The normalized spacial score (nSPS) is 12.1. The van der Waals surface area contributed by atoms with Crippen LogP contribution in [0.2, 0.25) is 0 Å². The molecule has 0 aliphatic carbocycles. The van der Waals surface area contributed by atoms with E-state index >= 15 is 0 Å². The van der Waals surface area contributed by atoms with Crippen molar-refractivity contribution in [3.63, 3.8) is 0 Å². The number of amides is 1. The summed E-state index contributed by atoms with van der Waals surface area (Å²) < 4.78 is 2.90. The van der Waals surface area contributed by atoms with Crippen LogP contribution in [0.25, 0.3) is 16.0 Å². The molecule has 0 saturated carbocycles. The molecule has 0 aliphatic rings. The number of aromatic nitrogens is 3. The molecule has 2 aromatic heterocycles. The van der Waals surface area contributed by atoms with Crippen LogP contribution in [0.4, 0.5) is 5.13 Å². The van der Waals surface area contributed by atoms with Gasteiger partial charge in [0.1, 0.15) is 0 Å². The Kier molecular flexibility index (Phi) is 5.55. The number of carbonyl (C=O) groups is 1. The molecule has 1 amide bonds. The lowest BCUT2D eigenvalue weighted by Crippen LogP contribution is -2.36. The van der Waals surface area contributed by atoms with Gasteiger partial charge in [-0.3, -0.25) is 4.79 Å². The molecule has 0 saturated heterocycles. The number of likely N-dealkylation sites (N-methyl/N-ethyl adjacent to an activating group) is 1. The maximum atomic E-state index is 12.6. The van der Waals surface area contributed by atoms with Gasteiger partial charge in [-0.2, -0.15) is 10.1 Å². The number of anilines is 1. The highest BCUT2D eigenvalue weighted by molar-refractivity contribution is 7.22. The highest BCUT2D eigenvalue weighted by Gasteiger charge is 2.19. The summed E-state index contributed by atoms with van der Waals surface area (Å²) in [5.74, 6) is -0.0359. The Morgan fingerprint density at radius 2 is 1.83 bits per heavy atom. The number of hydrogen-bond acceptors (Lipinski definition) is 5. The SMILES string of the molecule is Cc1ccc([C@@H](C)NC(=O)CN(C)c2nc3c(s2)c(C)nn3-c2ccccc2)cc1. The van der Waals surface area contributed by atoms with Crippen LogP contribution in [0.1, 0.15) is 29.8 Å². The molecule has 154 valence electrons. The summed E-state index contributed by atoms with van der Waals surface area (Å²) in [4.78, 5) is 19.3. The zero-order valence-corrected chi connectivity index (χ0v) is 18.4. The van der Waals surface area contributed by atoms with Crippen LogP contribution in [0, 0.1) is 13.8 Å². The van der Waals surface area contributed by atoms with Crippen LogP contribution < -0.4 is 10.2 Å². The number of hydrogen-bond donors (Lipinski definition) is 1. The molecule has 0 unspecified atom stereocenters. The topological polar surface area (TPSA) is 63.1 Å². The van der Waals surface area contributed by atoms with Crippen molar-refractivity contribution in [3.05, 3.63) is 71.4 Å². The van der Waals surface area contributed by atoms with Crippen molar-refractivity contribution in [3.8, 4) is 5.69 Å². The predicted octanol–water partition coefficient (Wildman–Crippen LogP) is 4.41. The van der Waals surface area contributed by atoms with Crippen LogP contribution in [0.3, 0.4) is 0 Å². The summed E-state index contributed by atoms with van der Waals surface area (Å²) in [7, 11) is 1.89. The van der Waals surface area contributed by atoms with Crippen molar-refractivity contribution < 1.29 is 4.79 Å². The number of thiazole rings is 1. The maximum Gasteiger partial charge on any atom is 0.240 e. The molecule has 0 radical (unpaired) electrons. The average molecular weight is 420 g/mol. The second-order valence-corrected chi connectivity index (χ2v) is 8.52. The number of para-hydroxylation sites is 1. The molecule has 2 heterocycles. The lowest BCUT2D eigenvalue weighted by Gasteiger charge is -2.19. The Hall–Kier alpha value is -3.19. The molecule has 0 bridgehead atoms. The minimum absolute atomic E-state index is 0.0359. The minimum Gasteiger partial charge on any atom is -0.348 e. The van der Waals surface area contributed by atoms with Crippen molar-refractivity contribution in [2.24, 2.45) is 0 Å². The predicted molar refractivity (Wildman–Crippen MR) is 122 cm³/mol. The molecule has 1 N–H and O–H groups in total. The van der Waals surface area contributed by atoms with Gasteiger partial charge in [0.2, 0.25) is 5.91 Å². The van der Waals surface area contributed by atoms with Gasteiger partial charge >= 0.3 is 0 Å². The van der Waals surface area contributed by atoms with Gasteiger partial charge in [-0.15, -0.1) is 0 Å². The lowest BCUT2D eigenvalue weighted by atomic mass is 10.1. The first-order valence-electron chi connectivity index (χ1n) is 9.91. The molecule has 0 fully saturated rings. The molecule has 4 rings (SSSR count). The van der Waals surface area contributed by atoms with E-state index in [1.54, 1.807) is 11.3 Å². The smallest absolute Gasteiger partial charge is 0.240 e. The monoisotopic (exact) mass is 419 g/mol. The van der Waals surface area contributed by atoms with Crippen LogP contribution in [0.15, 0.2) is 54.6 Å². The van der Waals surface area contributed by atoms with Gasteiger partial charge in [0.15, 0.2) is 10.8 Å². The van der Waals surface area contributed by atoms with Gasteiger partial charge in [-0.1, -0.05) is 59.4 Å². The summed E-state index contributed by atoms with van der Waals surface area (Å²) in [5, 5.41) is 8.50. The van der Waals surface area contributed by atoms with Crippen LogP contribution >= 0.6 is 11.3 Å². The highest BCUT2D eigenvalue weighted by Crippen LogP contribution is 2.31. The van der Waals surface area contributed by atoms with Crippen LogP contribution in [0.5, 0.6) is 0 Å². The van der Waals surface area contributed by atoms with E-state index in [2.05, 4.69) is 41.6 Å². The van der Waals surface area contributed by atoms with E-state index in [1.807, 2.05) is 60.8 Å². The first-order chi connectivity index (χ1) is 14.4. The van der Waals surface area contributed by atoms with E-state index in [0.29, 0.717) is 0 Å². The average Bonchev–Trinajstić information content (AvgIpc) is 3.30. The third-order valence-electron chi connectivity index (χ3n) is 5.04. The molecule has 2 aromatic carbocycles. The van der Waals surface area contributed by atoms with Crippen molar-refractivity contribution in [1.29, 1.82) is 0 Å². The second kappa shape index (κ2) is 8.28. The number of benzene rings is 2. The summed E-state index contributed by atoms with van der Waals surface area (Å²) in [6.45, 7) is 6.28. The summed E-state index contributed by atoms with van der Waals surface area (Å²) in [6.07, 6.45) is 0. The molecule has 6 nitrogen and oxygen atoms in total. The first kappa shape index (κ1) is 20.1. The summed E-state index contributed by atoms with van der Waals surface area (Å²) >= 11 is 1.56.